The van der Waals surface area contributed by atoms with Crippen molar-refractivity contribution in [3.8, 4) is 0 Å². The van der Waals surface area contributed by atoms with E-state index in [-0.39, 0.29) is 23.7 Å². The van der Waals surface area contributed by atoms with Crippen LogP contribution in [0.2, 0.25) is 0 Å². The molecule has 2 aliphatic carbocycles. The van der Waals surface area contributed by atoms with Crippen LogP contribution in [0.1, 0.15) is 24.0 Å². The highest BCUT2D eigenvalue weighted by Gasteiger charge is 2.61. The van der Waals surface area contributed by atoms with Gasteiger partial charge in [-0.25, -0.2) is 0 Å². The van der Waals surface area contributed by atoms with Gasteiger partial charge in [0.05, 0.1) is 0 Å². The van der Waals surface area contributed by atoms with Crippen LogP contribution < -0.4 is 5.32 Å². The van der Waals surface area contributed by atoms with Gasteiger partial charge in [0, 0.05) is 31.5 Å². The van der Waals surface area contributed by atoms with Crippen LogP contribution in [0.3, 0.4) is 0 Å². The summed E-state index contributed by atoms with van der Waals surface area (Å²) in [6.07, 6.45) is 3.34. The summed E-state index contributed by atoms with van der Waals surface area (Å²) in [4.78, 5) is 14.4. The van der Waals surface area contributed by atoms with Crippen molar-refractivity contribution >= 4 is 18.3 Å². The van der Waals surface area contributed by atoms with E-state index in [4.69, 9.17) is 0 Å². The third-order valence-corrected chi connectivity index (χ3v) is 4.84. The molecular weight excluding hydrogens is 272 g/mol. The number of likely N-dealkylation sites (N-methyl/N-ethyl adjacent to an activating group) is 2. The first-order valence-electron chi connectivity index (χ1n) is 7.17. The van der Waals surface area contributed by atoms with Crippen molar-refractivity contribution in [2.24, 2.45) is 5.92 Å². The number of hydrogen-bond donors (Lipinski definition) is 1. The summed E-state index contributed by atoms with van der Waals surface area (Å²) < 4.78 is 0. The second-order valence-electron chi connectivity index (χ2n) is 5.93. The van der Waals surface area contributed by atoms with E-state index in [2.05, 4.69) is 29.6 Å². The number of halogens is 1. The summed E-state index contributed by atoms with van der Waals surface area (Å²) in [5, 5.41) is 3.10. The number of hydrogen-bond acceptors (Lipinski definition) is 2. The Morgan fingerprint density at radius 3 is 2.95 bits per heavy atom. The van der Waals surface area contributed by atoms with Gasteiger partial charge in [0.25, 0.3) is 0 Å². The Morgan fingerprint density at radius 1 is 1.45 bits per heavy atom. The molecule has 1 aromatic carbocycles. The van der Waals surface area contributed by atoms with E-state index >= 15 is 0 Å². The van der Waals surface area contributed by atoms with E-state index in [9.17, 15) is 4.79 Å². The average molecular weight is 295 g/mol. The molecule has 1 N–H and O–H groups in total. The lowest BCUT2D eigenvalue weighted by Crippen LogP contribution is -2.35. The molecule has 3 rings (SSSR count). The third kappa shape index (κ3) is 2.33. The fourth-order valence-corrected chi connectivity index (χ4v) is 3.58. The van der Waals surface area contributed by atoms with Crippen molar-refractivity contribution in [3.05, 3.63) is 35.4 Å². The molecule has 0 saturated heterocycles. The van der Waals surface area contributed by atoms with Gasteiger partial charge in [-0.3, -0.25) is 4.79 Å². The number of rotatable bonds is 4. The molecule has 0 heterocycles. The zero-order valence-corrected chi connectivity index (χ0v) is 13.0. The van der Waals surface area contributed by atoms with Gasteiger partial charge >= 0.3 is 0 Å². The molecule has 0 radical (unpaired) electrons. The number of aryl methyl sites for hydroxylation is 1. The maximum absolute atomic E-state index is 12.5. The van der Waals surface area contributed by atoms with Crippen molar-refractivity contribution < 1.29 is 4.79 Å². The first-order valence-corrected chi connectivity index (χ1v) is 7.17. The van der Waals surface area contributed by atoms with Crippen LogP contribution >= 0.6 is 12.4 Å². The summed E-state index contributed by atoms with van der Waals surface area (Å²) in [5.74, 6) is 0.546. The van der Waals surface area contributed by atoms with Crippen molar-refractivity contribution in [1.29, 1.82) is 0 Å². The second kappa shape index (κ2) is 5.74. The Morgan fingerprint density at radius 2 is 2.20 bits per heavy atom. The van der Waals surface area contributed by atoms with E-state index < -0.39 is 0 Å². The largest absolute Gasteiger partial charge is 0.344 e. The van der Waals surface area contributed by atoms with E-state index in [1.165, 1.54) is 11.1 Å². The van der Waals surface area contributed by atoms with Crippen LogP contribution in [-0.4, -0.2) is 38.0 Å². The minimum absolute atomic E-state index is 0. The normalized spacial score (nSPS) is 26.0. The molecule has 0 bridgehead atoms. The van der Waals surface area contributed by atoms with Crippen LogP contribution in [0.5, 0.6) is 0 Å². The smallest absolute Gasteiger partial charge is 0.226 e. The Labute approximate surface area is 127 Å². The second-order valence-corrected chi connectivity index (χ2v) is 5.93. The van der Waals surface area contributed by atoms with Gasteiger partial charge in [-0.2, -0.15) is 0 Å². The predicted molar refractivity (Wildman–Crippen MR) is 83.4 cm³/mol. The maximum atomic E-state index is 12.5. The quantitative estimate of drug-likeness (QED) is 0.921. The van der Waals surface area contributed by atoms with Crippen LogP contribution in [0.15, 0.2) is 24.3 Å². The lowest BCUT2D eigenvalue weighted by molar-refractivity contribution is -0.131. The molecule has 1 aromatic rings. The molecule has 20 heavy (non-hydrogen) atoms. The van der Waals surface area contributed by atoms with E-state index in [1.54, 1.807) is 0 Å². The summed E-state index contributed by atoms with van der Waals surface area (Å²) in [7, 11) is 3.84. The molecular formula is C16H23ClN2O. The maximum Gasteiger partial charge on any atom is 0.226 e. The summed E-state index contributed by atoms with van der Waals surface area (Å²) >= 11 is 0. The van der Waals surface area contributed by atoms with Crippen molar-refractivity contribution in [1.82, 2.24) is 10.2 Å². The van der Waals surface area contributed by atoms with Crippen molar-refractivity contribution in [3.63, 3.8) is 0 Å². The summed E-state index contributed by atoms with van der Waals surface area (Å²) in [6.45, 7) is 1.65. The molecule has 3 nitrogen and oxygen atoms in total. The molecule has 2 atom stereocenters. The number of fused-ring (bicyclic) bond motifs is 2. The number of benzene rings is 1. The van der Waals surface area contributed by atoms with Gasteiger partial charge in [0.2, 0.25) is 5.91 Å². The fraction of sp³-hybridized carbons (Fsp3) is 0.562. The predicted octanol–water partition coefficient (Wildman–Crippen LogP) is 1.99. The van der Waals surface area contributed by atoms with E-state index in [1.807, 2.05) is 19.0 Å². The molecule has 1 saturated carbocycles. The molecule has 1 amide bonds. The van der Waals surface area contributed by atoms with Gasteiger partial charge in [-0.15, -0.1) is 12.4 Å². The standard InChI is InChI=1S/C16H22N2O.ClH/c1-17-9-10-18(2)15(19)14-11-16(14)8-7-12-5-3-4-6-13(12)16;/h3-6,14,17H,7-11H2,1-2H3;1H. The third-order valence-electron chi connectivity index (χ3n) is 4.84. The molecule has 2 unspecified atom stereocenters. The monoisotopic (exact) mass is 294 g/mol. The van der Waals surface area contributed by atoms with Gasteiger partial charge in [0.15, 0.2) is 0 Å². The highest BCUT2D eigenvalue weighted by Crippen LogP contribution is 2.61. The number of nitrogens with zero attached hydrogens (tertiary/aromatic N) is 1. The minimum Gasteiger partial charge on any atom is -0.344 e. The zero-order valence-electron chi connectivity index (χ0n) is 12.2. The van der Waals surface area contributed by atoms with Crippen LogP contribution in [0, 0.1) is 5.92 Å². The number of nitrogens with one attached hydrogen (secondary N) is 1. The molecule has 0 aliphatic heterocycles. The Kier molecular flexibility index (Phi) is 4.40. The Hall–Kier alpha value is -1.06. The zero-order chi connectivity index (χ0) is 13.5. The first-order chi connectivity index (χ1) is 9.19. The molecule has 1 spiro atoms. The molecule has 110 valence electrons. The van der Waals surface area contributed by atoms with Crippen LogP contribution in [0.25, 0.3) is 0 Å². The SMILES string of the molecule is CNCCN(C)C(=O)C1CC12CCc1ccccc12.Cl. The fourth-order valence-electron chi connectivity index (χ4n) is 3.58. The average Bonchev–Trinajstić information content (AvgIpc) is 3.05. The van der Waals surface area contributed by atoms with Crippen molar-refractivity contribution in [2.45, 2.75) is 24.7 Å². The van der Waals surface area contributed by atoms with E-state index in [0.29, 0.717) is 5.91 Å². The van der Waals surface area contributed by atoms with Gasteiger partial charge < -0.3 is 10.2 Å². The molecule has 1 fully saturated rings. The topological polar surface area (TPSA) is 32.3 Å². The van der Waals surface area contributed by atoms with Gasteiger partial charge in [-0.1, -0.05) is 24.3 Å². The molecule has 2 aliphatic rings. The molecule has 4 heteroatoms. The summed E-state index contributed by atoms with van der Waals surface area (Å²) in [6, 6.07) is 8.66. The summed E-state index contributed by atoms with van der Waals surface area (Å²) in [5.41, 5.74) is 3.08. The minimum atomic E-state index is 0. The van der Waals surface area contributed by atoms with Crippen LogP contribution in [-0.2, 0) is 16.6 Å². The van der Waals surface area contributed by atoms with Crippen molar-refractivity contribution in [2.75, 3.05) is 27.2 Å². The highest BCUT2D eigenvalue weighted by molar-refractivity contribution is 5.85. The number of carbonyl (C=O) groups is 1. The molecule has 0 aromatic heterocycles. The van der Waals surface area contributed by atoms with E-state index in [0.717, 1.165) is 32.4 Å². The first kappa shape index (κ1) is 15.3. The number of amides is 1. The van der Waals surface area contributed by atoms with Gasteiger partial charge in [-0.05, 0) is 37.4 Å². The van der Waals surface area contributed by atoms with Gasteiger partial charge in [0.1, 0.15) is 0 Å². The lowest BCUT2D eigenvalue weighted by atomic mass is 9.95. The highest BCUT2D eigenvalue weighted by atomic mass is 35.5. The number of carbonyl (C=O) groups excluding carboxylic acids is 1. The Balaban J connectivity index is 0.00000147. The van der Waals surface area contributed by atoms with Crippen LogP contribution in [0.4, 0.5) is 0 Å². The lowest BCUT2D eigenvalue weighted by Gasteiger charge is -2.19. The Bertz CT molecular complexity index is 505.